The van der Waals surface area contributed by atoms with Gasteiger partial charge >= 0.3 is 23.9 Å². The molecular formula is C22H24N2O8S2. The summed E-state index contributed by atoms with van der Waals surface area (Å²) < 4.78 is 10.4. The van der Waals surface area contributed by atoms with Crippen LogP contribution in [0.15, 0.2) is 60.7 Å². The summed E-state index contributed by atoms with van der Waals surface area (Å²) in [5, 5.41) is 17.0. The van der Waals surface area contributed by atoms with Crippen LogP contribution in [0.25, 0.3) is 0 Å². The number of rotatable bonds is 13. The van der Waals surface area contributed by atoms with E-state index in [-0.39, 0.29) is 19.0 Å². The summed E-state index contributed by atoms with van der Waals surface area (Å²) in [5.74, 6) is -5.69. The van der Waals surface area contributed by atoms with Gasteiger partial charge in [-0.3, -0.25) is 9.59 Å². The van der Waals surface area contributed by atoms with Crippen LogP contribution in [0.4, 0.5) is 0 Å². The maximum absolute atomic E-state index is 12.9. The van der Waals surface area contributed by atoms with Crippen molar-refractivity contribution in [1.29, 1.82) is 0 Å². The number of ether oxygens (including phenoxy) is 2. The van der Waals surface area contributed by atoms with Gasteiger partial charge in [0.15, 0.2) is 5.25 Å². The molecule has 10 nitrogen and oxygen atoms in total. The van der Waals surface area contributed by atoms with Crippen LogP contribution in [-0.4, -0.2) is 56.7 Å². The lowest BCUT2D eigenvalue weighted by Crippen LogP contribution is -2.64. The lowest BCUT2D eigenvalue weighted by atomic mass is 9.96. The van der Waals surface area contributed by atoms with Crippen molar-refractivity contribution in [2.45, 2.75) is 30.0 Å². The first-order valence-electron chi connectivity index (χ1n) is 9.87. The topological polar surface area (TPSA) is 179 Å². The van der Waals surface area contributed by atoms with E-state index in [1.807, 2.05) is 0 Å². The van der Waals surface area contributed by atoms with Crippen LogP contribution < -0.4 is 11.5 Å². The van der Waals surface area contributed by atoms with E-state index in [0.717, 1.165) is 10.8 Å². The zero-order valence-electron chi connectivity index (χ0n) is 17.9. The predicted molar refractivity (Wildman–Crippen MR) is 126 cm³/mol. The Morgan fingerprint density at radius 1 is 0.882 bits per heavy atom. The summed E-state index contributed by atoms with van der Waals surface area (Å²) in [6, 6.07) is 15.8. The Labute approximate surface area is 203 Å². The van der Waals surface area contributed by atoms with E-state index in [1.165, 1.54) is 0 Å². The Kier molecular flexibility index (Phi) is 10.4. The molecule has 34 heavy (non-hydrogen) atoms. The molecule has 3 atom stereocenters. The molecule has 0 fully saturated rings. The first-order chi connectivity index (χ1) is 16.2. The molecule has 0 spiro atoms. The molecule has 3 unspecified atom stereocenters. The smallest absolute Gasteiger partial charge is 0.340 e. The van der Waals surface area contributed by atoms with Gasteiger partial charge in [0.2, 0.25) is 5.54 Å². The Balaban J connectivity index is 2.22. The molecular weight excluding hydrogens is 484 g/mol. The van der Waals surface area contributed by atoms with Crippen LogP contribution in [0.2, 0.25) is 0 Å². The molecule has 0 amide bonds. The number of carbonyl (C=O) groups is 4. The highest BCUT2D eigenvalue weighted by Crippen LogP contribution is 2.35. The summed E-state index contributed by atoms with van der Waals surface area (Å²) in [6.07, 6.45) is 0. The van der Waals surface area contributed by atoms with Crippen molar-refractivity contribution in [3.05, 3.63) is 71.8 Å². The SMILES string of the molecule is NC(CSSC(C(=O)OCc1ccccc1)C(N)(C(=O)O)C(=O)OCc1ccccc1)C(=O)O. The molecule has 0 aliphatic heterocycles. The van der Waals surface area contributed by atoms with Crippen molar-refractivity contribution < 1.29 is 38.9 Å². The number of hydrogen-bond donors (Lipinski definition) is 4. The zero-order valence-corrected chi connectivity index (χ0v) is 19.5. The molecule has 0 aliphatic rings. The van der Waals surface area contributed by atoms with E-state index in [1.54, 1.807) is 60.7 Å². The Bertz CT molecular complexity index is 993. The number of esters is 2. The largest absolute Gasteiger partial charge is 0.480 e. The van der Waals surface area contributed by atoms with Crippen LogP contribution in [0.5, 0.6) is 0 Å². The first-order valence-corrected chi connectivity index (χ1v) is 12.2. The minimum absolute atomic E-state index is 0.183. The average molecular weight is 509 g/mol. The molecule has 2 aromatic rings. The van der Waals surface area contributed by atoms with Gasteiger partial charge in [0.25, 0.3) is 0 Å². The summed E-state index contributed by atoms with van der Waals surface area (Å²) in [5.41, 5.74) is 9.85. The molecule has 0 heterocycles. The molecule has 12 heteroatoms. The van der Waals surface area contributed by atoms with Crippen molar-refractivity contribution in [2.75, 3.05) is 5.75 Å². The standard InChI is InChI=1S/C22H24N2O8S2/c23-16(18(25)26)13-33-34-17(19(27)31-11-14-7-3-1-4-8-14)22(24,20(28)29)21(30)32-12-15-9-5-2-6-10-15/h1-10,16-17H,11-13,23-24H2,(H,25,26)(H,28,29). The number of carbonyl (C=O) groups excluding carboxylic acids is 2. The van der Waals surface area contributed by atoms with E-state index >= 15 is 0 Å². The zero-order chi connectivity index (χ0) is 25.1. The fourth-order valence-electron chi connectivity index (χ4n) is 2.51. The maximum atomic E-state index is 12.9. The molecule has 0 aromatic heterocycles. The quantitative estimate of drug-likeness (QED) is 0.174. The summed E-state index contributed by atoms with van der Waals surface area (Å²) in [7, 11) is 1.37. The molecule has 6 N–H and O–H groups in total. The second kappa shape index (κ2) is 13.0. The normalized spacial score (nSPS) is 14.3. The van der Waals surface area contributed by atoms with Crippen molar-refractivity contribution in [1.82, 2.24) is 0 Å². The third-order valence-corrected chi connectivity index (χ3v) is 7.27. The minimum atomic E-state index is -2.81. The predicted octanol–water partition coefficient (Wildman–Crippen LogP) is 1.42. The lowest BCUT2D eigenvalue weighted by molar-refractivity contribution is -0.166. The molecule has 2 rings (SSSR count). The number of benzene rings is 2. The van der Waals surface area contributed by atoms with Gasteiger partial charge in [0.05, 0.1) is 0 Å². The highest BCUT2D eigenvalue weighted by molar-refractivity contribution is 8.77. The number of hydrogen-bond acceptors (Lipinski definition) is 10. The van der Waals surface area contributed by atoms with Gasteiger partial charge in [-0.15, -0.1) is 0 Å². The van der Waals surface area contributed by atoms with E-state index < -0.39 is 40.7 Å². The van der Waals surface area contributed by atoms with Crippen LogP contribution in [0.3, 0.4) is 0 Å². The van der Waals surface area contributed by atoms with E-state index in [4.69, 9.17) is 26.0 Å². The molecule has 0 bridgehead atoms. The summed E-state index contributed by atoms with van der Waals surface area (Å²) in [4.78, 5) is 48.8. The Hall–Kier alpha value is -3.06. The fourth-order valence-corrected chi connectivity index (χ4v) is 5.28. The second-order valence-electron chi connectivity index (χ2n) is 7.03. The number of aliphatic carboxylic acids is 2. The Morgan fingerprint density at radius 3 is 1.85 bits per heavy atom. The van der Waals surface area contributed by atoms with Crippen LogP contribution in [0, 0.1) is 0 Å². The number of nitrogens with two attached hydrogens (primary N) is 2. The van der Waals surface area contributed by atoms with Gasteiger partial charge in [-0.05, 0) is 11.1 Å². The van der Waals surface area contributed by atoms with E-state index in [9.17, 15) is 24.3 Å². The van der Waals surface area contributed by atoms with Crippen molar-refractivity contribution in [2.24, 2.45) is 11.5 Å². The third kappa shape index (κ3) is 7.48. The number of carboxylic acid groups (broad SMARTS) is 2. The van der Waals surface area contributed by atoms with Crippen molar-refractivity contribution in [3.63, 3.8) is 0 Å². The highest BCUT2D eigenvalue weighted by atomic mass is 33.1. The van der Waals surface area contributed by atoms with Gasteiger partial charge < -0.3 is 31.2 Å². The molecule has 2 aromatic carbocycles. The molecule has 0 saturated carbocycles. The minimum Gasteiger partial charge on any atom is -0.480 e. The monoisotopic (exact) mass is 508 g/mol. The van der Waals surface area contributed by atoms with E-state index in [0.29, 0.717) is 21.9 Å². The van der Waals surface area contributed by atoms with Crippen LogP contribution in [0.1, 0.15) is 11.1 Å². The molecule has 0 aliphatic carbocycles. The third-order valence-electron chi connectivity index (χ3n) is 4.49. The molecule has 0 radical (unpaired) electrons. The lowest BCUT2D eigenvalue weighted by Gasteiger charge is -2.29. The molecule has 0 saturated heterocycles. The second-order valence-corrected chi connectivity index (χ2v) is 9.55. The first kappa shape index (κ1) is 27.2. The van der Waals surface area contributed by atoms with Crippen molar-refractivity contribution >= 4 is 45.5 Å². The van der Waals surface area contributed by atoms with Gasteiger partial charge in [0.1, 0.15) is 19.3 Å². The van der Waals surface area contributed by atoms with Gasteiger partial charge in [0, 0.05) is 5.75 Å². The summed E-state index contributed by atoms with van der Waals surface area (Å²) in [6.45, 7) is -0.454. The molecule has 182 valence electrons. The summed E-state index contributed by atoms with van der Waals surface area (Å²) >= 11 is 0. The Morgan fingerprint density at radius 2 is 1.38 bits per heavy atom. The van der Waals surface area contributed by atoms with Gasteiger partial charge in [-0.25, -0.2) is 9.59 Å². The fraction of sp³-hybridized carbons (Fsp3) is 0.273. The van der Waals surface area contributed by atoms with E-state index in [2.05, 4.69) is 0 Å². The maximum Gasteiger partial charge on any atom is 0.340 e. The number of carboxylic acids is 2. The van der Waals surface area contributed by atoms with Gasteiger partial charge in [-0.2, -0.15) is 0 Å². The van der Waals surface area contributed by atoms with Gasteiger partial charge in [-0.1, -0.05) is 82.3 Å². The van der Waals surface area contributed by atoms with Crippen molar-refractivity contribution in [3.8, 4) is 0 Å². The average Bonchev–Trinajstić information content (AvgIpc) is 2.84. The van der Waals surface area contributed by atoms with Crippen LogP contribution in [-0.2, 0) is 41.9 Å². The van der Waals surface area contributed by atoms with Crippen LogP contribution >= 0.6 is 21.6 Å². The highest BCUT2D eigenvalue weighted by Gasteiger charge is 2.56.